The molecule has 0 aliphatic rings. The SMILES string of the molecule is O=C(S)OC(c1ccccc1)C(F)(F)F. The van der Waals surface area contributed by atoms with Crippen LogP contribution in [0.5, 0.6) is 0 Å². The molecule has 0 saturated heterocycles. The third kappa shape index (κ3) is 3.47. The van der Waals surface area contributed by atoms with Gasteiger partial charge in [-0.15, -0.1) is 0 Å². The number of ether oxygens (including phenoxy) is 1. The fourth-order valence-electron chi connectivity index (χ4n) is 1.05. The molecule has 0 spiro atoms. The molecule has 0 fully saturated rings. The van der Waals surface area contributed by atoms with Crippen LogP contribution in [0.1, 0.15) is 11.7 Å². The maximum atomic E-state index is 12.5. The van der Waals surface area contributed by atoms with E-state index in [9.17, 15) is 18.0 Å². The summed E-state index contributed by atoms with van der Waals surface area (Å²) in [6.45, 7) is 0. The van der Waals surface area contributed by atoms with Gasteiger partial charge < -0.3 is 4.74 Å². The van der Waals surface area contributed by atoms with Crippen molar-refractivity contribution in [3.8, 4) is 0 Å². The molecule has 1 unspecified atom stereocenters. The van der Waals surface area contributed by atoms with E-state index < -0.39 is 17.6 Å². The van der Waals surface area contributed by atoms with Crippen LogP contribution in [0.15, 0.2) is 30.3 Å². The minimum Gasteiger partial charge on any atom is -0.440 e. The molecule has 1 rings (SSSR count). The largest absolute Gasteiger partial charge is 0.440 e. The van der Waals surface area contributed by atoms with E-state index in [4.69, 9.17) is 0 Å². The van der Waals surface area contributed by atoms with Crippen molar-refractivity contribution in [1.82, 2.24) is 0 Å². The Kier molecular flexibility index (Phi) is 3.62. The second kappa shape index (κ2) is 4.57. The number of carbonyl (C=O) groups is 1. The topological polar surface area (TPSA) is 26.3 Å². The molecule has 82 valence electrons. The Morgan fingerprint density at radius 1 is 1.27 bits per heavy atom. The predicted molar refractivity (Wildman–Crippen MR) is 50.7 cm³/mol. The summed E-state index contributed by atoms with van der Waals surface area (Å²) in [5.41, 5.74) is -0.132. The number of benzene rings is 1. The van der Waals surface area contributed by atoms with Crippen LogP contribution >= 0.6 is 12.6 Å². The number of hydrogen-bond acceptors (Lipinski definition) is 2. The summed E-state index contributed by atoms with van der Waals surface area (Å²) in [5.74, 6) is 0. The van der Waals surface area contributed by atoms with Crippen molar-refractivity contribution < 1.29 is 22.7 Å². The maximum absolute atomic E-state index is 12.5. The highest BCUT2D eigenvalue weighted by Gasteiger charge is 2.43. The standard InChI is InChI=1S/C9H7F3O2S/c10-9(11,12)7(14-8(13)15)6-4-2-1-3-5-6/h1-5,7H,(H,13,15). The van der Waals surface area contributed by atoms with Crippen LogP contribution in [0.2, 0.25) is 0 Å². The molecule has 1 aromatic rings. The lowest BCUT2D eigenvalue weighted by Crippen LogP contribution is -2.24. The van der Waals surface area contributed by atoms with Crippen molar-refractivity contribution in [3.63, 3.8) is 0 Å². The zero-order chi connectivity index (χ0) is 11.5. The van der Waals surface area contributed by atoms with E-state index in [2.05, 4.69) is 17.4 Å². The van der Waals surface area contributed by atoms with Gasteiger partial charge in [-0.1, -0.05) is 43.0 Å². The van der Waals surface area contributed by atoms with Crippen LogP contribution in [-0.4, -0.2) is 11.5 Å². The van der Waals surface area contributed by atoms with Gasteiger partial charge in [0.1, 0.15) is 0 Å². The molecule has 2 nitrogen and oxygen atoms in total. The molecule has 1 atom stereocenters. The molecule has 6 heteroatoms. The van der Waals surface area contributed by atoms with Gasteiger partial charge in [0, 0.05) is 5.56 Å². The zero-order valence-electron chi connectivity index (χ0n) is 7.36. The lowest BCUT2D eigenvalue weighted by Gasteiger charge is -2.19. The first-order valence-corrected chi connectivity index (χ1v) is 4.37. The Morgan fingerprint density at radius 2 is 1.80 bits per heavy atom. The normalized spacial score (nSPS) is 13.3. The summed E-state index contributed by atoms with van der Waals surface area (Å²) in [6.07, 6.45) is -6.90. The van der Waals surface area contributed by atoms with E-state index in [1.54, 1.807) is 6.07 Å². The molecular weight excluding hydrogens is 229 g/mol. The lowest BCUT2D eigenvalue weighted by molar-refractivity contribution is -0.204. The summed E-state index contributed by atoms with van der Waals surface area (Å²) in [4.78, 5) is 10.4. The molecule has 0 aromatic heterocycles. The summed E-state index contributed by atoms with van der Waals surface area (Å²) < 4.78 is 41.5. The monoisotopic (exact) mass is 236 g/mol. The van der Waals surface area contributed by atoms with Gasteiger partial charge in [0.15, 0.2) is 0 Å². The first-order chi connectivity index (χ1) is 6.91. The Labute approximate surface area is 89.5 Å². The third-order valence-corrected chi connectivity index (χ3v) is 1.72. The van der Waals surface area contributed by atoms with Crippen molar-refractivity contribution >= 4 is 17.9 Å². The zero-order valence-corrected chi connectivity index (χ0v) is 8.26. The van der Waals surface area contributed by atoms with E-state index >= 15 is 0 Å². The molecule has 0 radical (unpaired) electrons. The Bertz CT molecular complexity index is 337. The average Bonchev–Trinajstić information content (AvgIpc) is 2.14. The first-order valence-electron chi connectivity index (χ1n) is 3.92. The van der Waals surface area contributed by atoms with Crippen LogP contribution in [0.25, 0.3) is 0 Å². The van der Waals surface area contributed by atoms with Crippen molar-refractivity contribution in [2.75, 3.05) is 0 Å². The van der Waals surface area contributed by atoms with Crippen LogP contribution in [-0.2, 0) is 4.74 Å². The van der Waals surface area contributed by atoms with Crippen LogP contribution in [0.3, 0.4) is 0 Å². The van der Waals surface area contributed by atoms with Gasteiger partial charge in [-0.05, 0) is 0 Å². The predicted octanol–water partition coefficient (Wildman–Crippen LogP) is 3.36. The number of thiol groups is 1. The van der Waals surface area contributed by atoms with E-state index in [1.165, 1.54) is 24.3 Å². The highest BCUT2D eigenvalue weighted by molar-refractivity contribution is 7.96. The van der Waals surface area contributed by atoms with Crippen LogP contribution in [0.4, 0.5) is 18.0 Å². The second-order valence-corrected chi connectivity index (χ2v) is 3.08. The number of hydrogen-bond donors (Lipinski definition) is 1. The molecule has 15 heavy (non-hydrogen) atoms. The molecule has 0 aliphatic heterocycles. The Morgan fingerprint density at radius 3 is 2.20 bits per heavy atom. The molecule has 0 N–H and O–H groups in total. The van der Waals surface area contributed by atoms with Crippen LogP contribution < -0.4 is 0 Å². The summed E-state index contributed by atoms with van der Waals surface area (Å²) in [7, 11) is 0. The molecular formula is C9H7F3O2S. The summed E-state index contributed by atoms with van der Waals surface area (Å²) in [6, 6.07) is 6.89. The molecule has 0 heterocycles. The van der Waals surface area contributed by atoms with Gasteiger partial charge in [-0.2, -0.15) is 13.2 Å². The minimum absolute atomic E-state index is 0.132. The first kappa shape index (κ1) is 11.9. The summed E-state index contributed by atoms with van der Waals surface area (Å²) in [5, 5.41) is -1.26. The second-order valence-electron chi connectivity index (χ2n) is 2.72. The summed E-state index contributed by atoms with van der Waals surface area (Å²) >= 11 is 3.16. The van der Waals surface area contributed by atoms with Crippen molar-refractivity contribution in [1.29, 1.82) is 0 Å². The fraction of sp³-hybridized carbons (Fsp3) is 0.222. The van der Waals surface area contributed by atoms with E-state index in [0.29, 0.717) is 0 Å². The number of carbonyl (C=O) groups excluding carboxylic acids is 1. The van der Waals surface area contributed by atoms with Gasteiger partial charge in [-0.25, -0.2) is 4.79 Å². The van der Waals surface area contributed by atoms with Gasteiger partial charge in [0.25, 0.3) is 0 Å². The van der Waals surface area contributed by atoms with Gasteiger partial charge in [0.2, 0.25) is 6.10 Å². The van der Waals surface area contributed by atoms with E-state index in [0.717, 1.165) is 0 Å². The fourth-order valence-corrected chi connectivity index (χ4v) is 1.16. The molecule has 0 bridgehead atoms. The van der Waals surface area contributed by atoms with Crippen LogP contribution in [0, 0.1) is 0 Å². The van der Waals surface area contributed by atoms with Gasteiger partial charge in [-0.3, -0.25) is 0 Å². The van der Waals surface area contributed by atoms with E-state index in [-0.39, 0.29) is 5.56 Å². The molecule has 0 aliphatic carbocycles. The number of alkyl halides is 3. The number of halogens is 3. The smallest absolute Gasteiger partial charge is 0.429 e. The molecule has 0 saturated carbocycles. The highest BCUT2D eigenvalue weighted by atomic mass is 32.1. The molecule has 0 amide bonds. The Balaban J connectivity index is 2.97. The minimum atomic E-state index is -4.64. The lowest BCUT2D eigenvalue weighted by atomic mass is 10.1. The quantitative estimate of drug-likeness (QED) is 0.629. The maximum Gasteiger partial charge on any atom is 0.429 e. The average molecular weight is 236 g/mol. The highest BCUT2D eigenvalue weighted by Crippen LogP contribution is 2.36. The van der Waals surface area contributed by atoms with Crippen molar-refractivity contribution in [2.45, 2.75) is 12.3 Å². The van der Waals surface area contributed by atoms with Gasteiger partial charge >= 0.3 is 11.5 Å². The number of rotatable bonds is 2. The Hall–Kier alpha value is -1.17. The van der Waals surface area contributed by atoms with Crippen molar-refractivity contribution in [2.24, 2.45) is 0 Å². The van der Waals surface area contributed by atoms with E-state index in [1.807, 2.05) is 0 Å². The van der Waals surface area contributed by atoms with Gasteiger partial charge in [0.05, 0.1) is 0 Å². The molecule has 1 aromatic carbocycles. The third-order valence-electron chi connectivity index (χ3n) is 1.62. The van der Waals surface area contributed by atoms with Crippen molar-refractivity contribution in [3.05, 3.63) is 35.9 Å².